The molecule has 1 aromatic carbocycles. The molecule has 0 fully saturated rings. The van der Waals surface area contributed by atoms with Crippen molar-refractivity contribution in [2.75, 3.05) is 18.6 Å². The van der Waals surface area contributed by atoms with Gasteiger partial charge in [-0.05, 0) is 18.2 Å². The Morgan fingerprint density at radius 1 is 1.31 bits per heavy atom. The molecule has 0 aliphatic rings. The van der Waals surface area contributed by atoms with E-state index in [9.17, 15) is 0 Å². The third-order valence-corrected chi connectivity index (χ3v) is 2.98. The third-order valence-electron chi connectivity index (χ3n) is 1.96. The van der Waals surface area contributed by atoms with Crippen molar-refractivity contribution in [3.8, 4) is 5.75 Å². The van der Waals surface area contributed by atoms with Crippen molar-refractivity contribution in [1.82, 2.24) is 0 Å². The number of nitrogen functional groups attached to an aromatic ring is 2. The Bertz CT molecular complexity index is 450. The Kier molecular flexibility index (Phi) is 1.77. The first-order chi connectivity index (χ1) is 6.22. The van der Waals surface area contributed by atoms with Crippen molar-refractivity contribution in [1.29, 1.82) is 0 Å². The number of methoxy groups -OCH3 is 1. The van der Waals surface area contributed by atoms with Gasteiger partial charge in [0.2, 0.25) is 0 Å². The average Bonchev–Trinajstić information content (AvgIpc) is 2.43. The van der Waals surface area contributed by atoms with Crippen LogP contribution >= 0.6 is 11.3 Å². The quantitative estimate of drug-likeness (QED) is 0.730. The molecule has 2 aromatic rings. The summed E-state index contributed by atoms with van der Waals surface area (Å²) < 4.78 is 6.19. The Labute approximate surface area is 79.9 Å². The van der Waals surface area contributed by atoms with E-state index in [0.29, 0.717) is 10.7 Å². The van der Waals surface area contributed by atoms with Gasteiger partial charge in [0.15, 0.2) is 0 Å². The lowest BCUT2D eigenvalue weighted by Crippen LogP contribution is -1.88. The first kappa shape index (κ1) is 8.19. The first-order valence-electron chi connectivity index (χ1n) is 3.84. The van der Waals surface area contributed by atoms with Crippen LogP contribution in [0.5, 0.6) is 5.75 Å². The summed E-state index contributed by atoms with van der Waals surface area (Å²) >= 11 is 1.50. The molecule has 1 aromatic heterocycles. The summed E-state index contributed by atoms with van der Waals surface area (Å²) in [6.45, 7) is 0. The van der Waals surface area contributed by atoms with Crippen LogP contribution in [0.2, 0.25) is 0 Å². The third kappa shape index (κ3) is 1.19. The molecule has 0 bridgehead atoms. The van der Waals surface area contributed by atoms with E-state index in [0.717, 1.165) is 15.8 Å². The van der Waals surface area contributed by atoms with E-state index in [1.165, 1.54) is 11.3 Å². The van der Waals surface area contributed by atoms with Gasteiger partial charge < -0.3 is 16.2 Å². The summed E-state index contributed by atoms with van der Waals surface area (Å²) in [4.78, 5) is 0. The Balaban J connectivity index is 2.75. The second-order valence-corrected chi connectivity index (χ2v) is 3.83. The number of fused-ring (bicyclic) bond motifs is 1. The molecule has 13 heavy (non-hydrogen) atoms. The maximum absolute atomic E-state index is 5.79. The lowest BCUT2D eigenvalue weighted by Gasteiger charge is -1.98. The second kappa shape index (κ2) is 2.81. The van der Waals surface area contributed by atoms with Crippen molar-refractivity contribution in [2.24, 2.45) is 0 Å². The number of benzene rings is 1. The molecular weight excluding hydrogens is 184 g/mol. The normalized spacial score (nSPS) is 10.5. The van der Waals surface area contributed by atoms with Gasteiger partial charge in [-0.2, -0.15) is 0 Å². The van der Waals surface area contributed by atoms with Crippen LogP contribution in [0.3, 0.4) is 0 Å². The number of ether oxygens (including phenoxy) is 1. The molecule has 2 rings (SSSR count). The van der Waals surface area contributed by atoms with E-state index in [4.69, 9.17) is 16.2 Å². The van der Waals surface area contributed by atoms with Gasteiger partial charge in [0.1, 0.15) is 10.8 Å². The van der Waals surface area contributed by atoms with Crippen LogP contribution in [0.1, 0.15) is 0 Å². The molecule has 4 heteroatoms. The fourth-order valence-corrected chi connectivity index (χ4v) is 2.11. The van der Waals surface area contributed by atoms with E-state index < -0.39 is 0 Å². The Morgan fingerprint density at radius 3 is 2.77 bits per heavy atom. The van der Waals surface area contributed by atoms with Gasteiger partial charge in [-0.1, -0.05) is 0 Å². The lowest BCUT2D eigenvalue weighted by atomic mass is 10.2. The second-order valence-electron chi connectivity index (χ2n) is 2.74. The van der Waals surface area contributed by atoms with Crippen molar-refractivity contribution in [3.63, 3.8) is 0 Å². The fraction of sp³-hybridized carbons (Fsp3) is 0.111. The monoisotopic (exact) mass is 194 g/mol. The van der Waals surface area contributed by atoms with Gasteiger partial charge in [0.25, 0.3) is 0 Å². The number of hydrogen-bond donors (Lipinski definition) is 2. The number of thiophene rings is 1. The van der Waals surface area contributed by atoms with Crippen LogP contribution in [0.4, 0.5) is 10.7 Å². The molecule has 0 aliphatic heterocycles. The molecule has 0 aliphatic carbocycles. The molecule has 0 amide bonds. The van der Waals surface area contributed by atoms with Crippen LogP contribution in [-0.2, 0) is 0 Å². The maximum atomic E-state index is 5.79. The first-order valence-corrected chi connectivity index (χ1v) is 4.65. The molecule has 0 unspecified atom stereocenters. The van der Waals surface area contributed by atoms with E-state index in [-0.39, 0.29) is 0 Å². The number of rotatable bonds is 1. The highest BCUT2D eigenvalue weighted by Gasteiger charge is 2.06. The van der Waals surface area contributed by atoms with Crippen molar-refractivity contribution in [2.45, 2.75) is 0 Å². The summed E-state index contributed by atoms with van der Waals surface area (Å²) in [5.41, 5.74) is 12.1. The molecular formula is C9H10N2OS. The molecule has 0 saturated carbocycles. The van der Waals surface area contributed by atoms with E-state index in [1.807, 2.05) is 18.2 Å². The van der Waals surface area contributed by atoms with Gasteiger partial charge in [-0.25, -0.2) is 0 Å². The highest BCUT2D eigenvalue weighted by atomic mass is 32.1. The molecule has 3 nitrogen and oxygen atoms in total. The largest absolute Gasteiger partial charge is 0.497 e. The fourth-order valence-electron chi connectivity index (χ4n) is 1.24. The summed E-state index contributed by atoms with van der Waals surface area (Å²) in [6, 6.07) is 5.76. The summed E-state index contributed by atoms with van der Waals surface area (Å²) in [7, 11) is 1.63. The van der Waals surface area contributed by atoms with Crippen LogP contribution < -0.4 is 16.2 Å². The smallest absolute Gasteiger partial charge is 0.119 e. The molecule has 1 heterocycles. The Morgan fingerprint density at radius 2 is 2.08 bits per heavy atom. The number of hydrogen-bond acceptors (Lipinski definition) is 4. The van der Waals surface area contributed by atoms with Crippen LogP contribution in [-0.4, -0.2) is 7.11 Å². The standard InChI is InChI=1S/C9H10N2OS/c1-12-5-2-3-7-6(4-5)8(10)9(11)13-7/h2-4H,10-11H2,1H3. The van der Waals surface area contributed by atoms with Crippen molar-refractivity contribution >= 4 is 32.1 Å². The number of nitrogens with two attached hydrogens (primary N) is 2. The molecule has 4 N–H and O–H groups in total. The predicted molar refractivity (Wildman–Crippen MR) is 57.2 cm³/mol. The highest BCUT2D eigenvalue weighted by Crippen LogP contribution is 2.37. The van der Waals surface area contributed by atoms with Gasteiger partial charge in [0, 0.05) is 10.1 Å². The summed E-state index contributed by atoms with van der Waals surface area (Å²) in [5.74, 6) is 0.803. The van der Waals surface area contributed by atoms with Crippen molar-refractivity contribution < 1.29 is 4.74 Å². The van der Waals surface area contributed by atoms with Gasteiger partial charge in [-0.15, -0.1) is 11.3 Å². The van der Waals surface area contributed by atoms with E-state index in [1.54, 1.807) is 7.11 Å². The van der Waals surface area contributed by atoms with Gasteiger partial charge in [0.05, 0.1) is 12.8 Å². The van der Waals surface area contributed by atoms with Crippen LogP contribution in [0.15, 0.2) is 18.2 Å². The minimum absolute atomic E-state index is 0.652. The Hall–Kier alpha value is -1.42. The molecule has 0 saturated heterocycles. The molecule has 0 spiro atoms. The summed E-state index contributed by atoms with van der Waals surface area (Å²) in [5, 5.41) is 1.64. The summed E-state index contributed by atoms with van der Waals surface area (Å²) in [6.07, 6.45) is 0. The zero-order valence-corrected chi connectivity index (χ0v) is 8.02. The van der Waals surface area contributed by atoms with Crippen LogP contribution in [0, 0.1) is 0 Å². The van der Waals surface area contributed by atoms with Gasteiger partial charge >= 0.3 is 0 Å². The highest BCUT2D eigenvalue weighted by molar-refractivity contribution is 7.23. The maximum Gasteiger partial charge on any atom is 0.119 e. The van der Waals surface area contributed by atoms with Crippen LogP contribution in [0.25, 0.3) is 10.1 Å². The predicted octanol–water partition coefficient (Wildman–Crippen LogP) is 2.07. The average molecular weight is 194 g/mol. The molecule has 68 valence electrons. The molecule has 0 atom stereocenters. The minimum atomic E-state index is 0.652. The zero-order chi connectivity index (χ0) is 9.42. The van der Waals surface area contributed by atoms with E-state index >= 15 is 0 Å². The number of anilines is 2. The topological polar surface area (TPSA) is 61.3 Å². The van der Waals surface area contributed by atoms with Crippen molar-refractivity contribution in [3.05, 3.63) is 18.2 Å². The zero-order valence-electron chi connectivity index (χ0n) is 7.20. The minimum Gasteiger partial charge on any atom is -0.497 e. The van der Waals surface area contributed by atoms with E-state index in [2.05, 4.69) is 0 Å². The van der Waals surface area contributed by atoms with Gasteiger partial charge in [-0.3, -0.25) is 0 Å². The SMILES string of the molecule is COc1ccc2sc(N)c(N)c2c1. The molecule has 0 radical (unpaired) electrons. The lowest BCUT2D eigenvalue weighted by molar-refractivity contribution is 0.415.